The fourth-order valence-electron chi connectivity index (χ4n) is 2.95. The van der Waals surface area contributed by atoms with Crippen LogP contribution < -0.4 is 0 Å². The van der Waals surface area contributed by atoms with Gasteiger partial charge in [0.25, 0.3) is 0 Å². The van der Waals surface area contributed by atoms with E-state index in [1.54, 1.807) is 0 Å². The summed E-state index contributed by atoms with van der Waals surface area (Å²) >= 11 is 0. The molecule has 2 aliphatic rings. The minimum atomic E-state index is 1.08. The Morgan fingerprint density at radius 3 is 2.67 bits per heavy atom. The zero-order chi connectivity index (χ0) is 12.5. The zero-order valence-corrected chi connectivity index (χ0v) is 11.0. The molecule has 0 atom stereocenters. The van der Waals surface area contributed by atoms with Crippen LogP contribution >= 0.6 is 0 Å². The van der Waals surface area contributed by atoms with Crippen LogP contribution in [0.5, 0.6) is 0 Å². The minimum Gasteiger partial charge on any atom is -0.0795 e. The van der Waals surface area contributed by atoms with Crippen molar-refractivity contribution in [3.63, 3.8) is 0 Å². The van der Waals surface area contributed by atoms with E-state index in [1.165, 1.54) is 33.0 Å². The van der Waals surface area contributed by atoms with Crippen molar-refractivity contribution < 1.29 is 0 Å². The highest BCUT2D eigenvalue weighted by molar-refractivity contribution is 6.02. The molecule has 0 heterocycles. The number of allylic oxidation sites excluding steroid dienone is 4. The molecular formula is C18H18. The van der Waals surface area contributed by atoms with Gasteiger partial charge in [-0.25, -0.2) is 0 Å². The monoisotopic (exact) mass is 234 g/mol. The van der Waals surface area contributed by atoms with Crippen molar-refractivity contribution in [1.82, 2.24) is 0 Å². The molecule has 0 aliphatic heterocycles. The van der Waals surface area contributed by atoms with E-state index in [4.69, 9.17) is 0 Å². The number of hydrogen-bond donors (Lipinski definition) is 0. The van der Waals surface area contributed by atoms with E-state index in [-0.39, 0.29) is 0 Å². The largest absolute Gasteiger partial charge is 0.0795 e. The SMILES string of the molecule is C1=CC2=CCc3cccc4ccc(c2c34)C1.CC. The highest BCUT2D eigenvalue weighted by Gasteiger charge is 2.18. The first-order chi connectivity index (χ1) is 8.93. The van der Waals surface area contributed by atoms with Crippen LogP contribution in [0.3, 0.4) is 0 Å². The van der Waals surface area contributed by atoms with Crippen LogP contribution in [0.1, 0.15) is 30.5 Å². The lowest BCUT2D eigenvalue weighted by Gasteiger charge is -2.22. The first-order valence-corrected chi connectivity index (χ1v) is 6.84. The van der Waals surface area contributed by atoms with Gasteiger partial charge in [-0.3, -0.25) is 0 Å². The summed E-state index contributed by atoms with van der Waals surface area (Å²) in [5, 5.41) is 2.87. The second kappa shape index (κ2) is 4.45. The number of rotatable bonds is 0. The molecule has 0 N–H and O–H groups in total. The normalized spacial score (nSPS) is 14.9. The fourth-order valence-corrected chi connectivity index (χ4v) is 2.95. The van der Waals surface area contributed by atoms with E-state index in [9.17, 15) is 0 Å². The summed E-state index contributed by atoms with van der Waals surface area (Å²) in [6, 6.07) is 11.2. The Bertz CT molecular complexity index is 657. The maximum Gasteiger partial charge on any atom is -0.00674 e. The van der Waals surface area contributed by atoms with Crippen molar-refractivity contribution in [2.24, 2.45) is 0 Å². The molecule has 2 aromatic rings. The van der Waals surface area contributed by atoms with E-state index in [1.807, 2.05) is 13.8 Å². The molecule has 4 rings (SSSR count). The number of benzene rings is 2. The predicted octanol–water partition coefficient (Wildman–Crippen LogP) is 4.92. The van der Waals surface area contributed by atoms with Gasteiger partial charge < -0.3 is 0 Å². The minimum absolute atomic E-state index is 1.08. The summed E-state index contributed by atoms with van der Waals surface area (Å²) in [4.78, 5) is 0. The lowest BCUT2D eigenvalue weighted by molar-refractivity contribution is 1.20. The molecule has 0 aromatic heterocycles. The Balaban J connectivity index is 0.000000478. The summed E-state index contributed by atoms with van der Waals surface area (Å²) in [5.41, 5.74) is 5.87. The molecule has 0 nitrogen and oxygen atoms in total. The molecule has 18 heavy (non-hydrogen) atoms. The topological polar surface area (TPSA) is 0 Å². The van der Waals surface area contributed by atoms with E-state index >= 15 is 0 Å². The molecule has 0 heteroatoms. The zero-order valence-electron chi connectivity index (χ0n) is 11.0. The molecule has 0 radical (unpaired) electrons. The van der Waals surface area contributed by atoms with Crippen molar-refractivity contribution in [1.29, 1.82) is 0 Å². The molecule has 0 saturated heterocycles. The first kappa shape index (κ1) is 11.3. The lowest BCUT2D eigenvalue weighted by Crippen LogP contribution is -2.04. The summed E-state index contributed by atoms with van der Waals surface area (Å²) < 4.78 is 0. The van der Waals surface area contributed by atoms with Gasteiger partial charge in [0.05, 0.1) is 0 Å². The van der Waals surface area contributed by atoms with Crippen molar-refractivity contribution >= 4 is 16.3 Å². The average molecular weight is 234 g/mol. The van der Waals surface area contributed by atoms with Gasteiger partial charge >= 0.3 is 0 Å². The van der Waals surface area contributed by atoms with Crippen LogP contribution in [-0.2, 0) is 12.8 Å². The van der Waals surface area contributed by atoms with Crippen LogP contribution in [0, 0.1) is 0 Å². The van der Waals surface area contributed by atoms with Gasteiger partial charge in [0, 0.05) is 0 Å². The maximum absolute atomic E-state index is 2.36. The summed E-state index contributed by atoms with van der Waals surface area (Å²) in [5.74, 6) is 0. The maximum atomic E-state index is 2.36. The fraction of sp³-hybridized carbons (Fsp3) is 0.222. The van der Waals surface area contributed by atoms with E-state index in [0.29, 0.717) is 0 Å². The van der Waals surface area contributed by atoms with Gasteiger partial charge in [0.1, 0.15) is 0 Å². The third-order valence-electron chi connectivity index (χ3n) is 3.68. The summed E-state index contributed by atoms with van der Waals surface area (Å²) in [6.07, 6.45) is 9.06. The Morgan fingerprint density at radius 2 is 1.78 bits per heavy atom. The highest BCUT2D eigenvalue weighted by atomic mass is 14.2. The van der Waals surface area contributed by atoms with Gasteiger partial charge in [-0.2, -0.15) is 0 Å². The van der Waals surface area contributed by atoms with Crippen LogP contribution in [0.2, 0.25) is 0 Å². The second-order valence-electron chi connectivity index (χ2n) is 4.59. The molecular weight excluding hydrogens is 216 g/mol. The lowest BCUT2D eigenvalue weighted by atomic mass is 9.82. The van der Waals surface area contributed by atoms with E-state index in [0.717, 1.165) is 12.8 Å². The van der Waals surface area contributed by atoms with Crippen LogP contribution in [0.4, 0.5) is 0 Å². The Labute approximate surface area is 109 Å². The molecule has 2 aliphatic carbocycles. The third-order valence-corrected chi connectivity index (χ3v) is 3.68. The van der Waals surface area contributed by atoms with Gasteiger partial charge in [0.2, 0.25) is 0 Å². The van der Waals surface area contributed by atoms with Crippen LogP contribution in [-0.4, -0.2) is 0 Å². The first-order valence-electron chi connectivity index (χ1n) is 6.84. The van der Waals surface area contributed by atoms with Crippen LogP contribution in [0.25, 0.3) is 16.3 Å². The molecule has 0 unspecified atom stereocenters. The Hall–Kier alpha value is -1.82. The molecule has 0 amide bonds. The third kappa shape index (κ3) is 1.53. The van der Waals surface area contributed by atoms with Crippen molar-refractivity contribution in [3.8, 4) is 0 Å². The molecule has 0 spiro atoms. The Morgan fingerprint density at radius 1 is 0.889 bits per heavy atom. The van der Waals surface area contributed by atoms with Crippen molar-refractivity contribution in [3.05, 3.63) is 65.3 Å². The second-order valence-corrected chi connectivity index (χ2v) is 4.59. The van der Waals surface area contributed by atoms with Gasteiger partial charge in [-0.1, -0.05) is 62.4 Å². The Kier molecular flexibility index (Phi) is 2.79. The summed E-state index contributed by atoms with van der Waals surface area (Å²) in [6.45, 7) is 4.00. The molecule has 0 saturated carbocycles. The van der Waals surface area contributed by atoms with E-state index < -0.39 is 0 Å². The molecule has 2 aromatic carbocycles. The average Bonchev–Trinajstić information content (AvgIpc) is 2.47. The van der Waals surface area contributed by atoms with Gasteiger partial charge in [-0.05, 0) is 45.9 Å². The summed E-state index contributed by atoms with van der Waals surface area (Å²) in [7, 11) is 0. The van der Waals surface area contributed by atoms with Gasteiger partial charge in [0.15, 0.2) is 0 Å². The standard InChI is InChI=1S/C16H12.C2H6/c1-3-11-7-9-13-5-2-6-14-10-8-12(4-1)15(11)16(13)14;1-2/h1-5,8-10H,6-7H2;1-2H3. The highest BCUT2D eigenvalue weighted by Crippen LogP contribution is 2.38. The van der Waals surface area contributed by atoms with Crippen molar-refractivity contribution in [2.45, 2.75) is 26.7 Å². The molecule has 0 bridgehead atoms. The predicted molar refractivity (Wildman–Crippen MR) is 79.8 cm³/mol. The van der Waals surface area contributed by atoms with Crippen molar-refractivity contribution in [2.75, 3.05) is 0 Å². The van der Waals surface area contributed by atoms with E-state index in [2.05, 4.69) is 48.6 Å². The quantitative estimate of drug-likeness (QED) is 0.607. The van der Waals surface area contributed by atoms with Gasteiger partial charge in [-0.15, -0.1) is 0 Å². The van der Waals surface area contributed by atoms with Crippen LogP contribution in [0.15, 0.2) is 48.6 Å². The molecule has 90 valence electrons. The number of hydrogen-bond acceptors (Lipinski definition) is 0. The molecule has 0 fully saturated rings. The smallest absolute Gasteiger partial charge is 0.00674 e.